The van der Waals surface area contributed by atoms with Gasteiger partial charge in [-0.15, -0.1) is 0 Å². The number of benzene rings is 2. The molecule has 1 aliphatic heterocycles. The van der Waals surface area contributed by atoms with Gasteiger partial charge in [0.15, 0.2) is 0 Å². The summed E-state index contributed by atoms with van der Waals surface area (Å²) >= 11 is 0. The average Bonchev–Trinajstić information content (AvgIpc) is 2.69. The molecule has 0 unspecified atom stereocenters. The van der Waals surface area contributed by atoms with E-state index in [1.54, 1.807) is 0 Å². The molecule has 0 atom stereocenters. The molecule has 4 heteroatoms. The summed E-state index contributed by atoms with van der Waals surface area (Å²) in [6.45, 7) is 4.84. The fourth-order valence-corrected chi connectivity index (χ4v) is 3.39. The Kier molecular flexibility index (Phi) is 4.34. The zero-order valence-electron chi connectivity index (χ0n) is 14.5. The van der Waals surface area contributed by atoms with Gasteiger partial charge < -0.3 is 9.80 Å². The van der Waals surface area contributed by atoms with Crippen LogP contribution in [0.25, 0.3) is 0 Å². The summed E-state index contributed by atoms with van der Waals surface area (Å²) < 4.78 is 0. The molecule has 0 radical (unpaired) electrons. The van der Waals surface area contributed by atoms with Gasteiger partial charge in [0.25, 0.3) is 0 Å². The minimum atomic E-state index is 0.807. The first-order valence-electron chi connectivity index (χ1n) is 8.82. The Hall–Kier alpha value is -2.88. The molecule has 25 heavy (non-hydrogen) atoms. The molecule has 0 saturated carbocycles. The minimum Gasteiger partial charge on any atom is -0.336 e. The van der Waals surface area contributed by atoms with Crippen LogP contribution in [0.2, 0.25) is 0 Å². The average molecular weight is 330 g/mol. The van der Waals surface area contributed by atoms with E-state index in [-0.39, 0.29) is 0 Å². The standard InChI is InChI=1S/C21H22N4/c1-2-25(19-10-4-3-5-11-19)20-12-14-22-21(23-20)24-15-13-17-8-6-7-9-18(17)16-24/h3-12,14H,2,13,15-16H2,1H3. The van der Waals surface area contributed by atoms with E-state index in [1.165, 1.54) is 11.1 Å². The van der Waals surface area contributed by atoms with E-state index in [2.05, 4.69) is 70.2 Å². The largest absolute Gasteiger partial charge is 0.336 e. The molecule has 2 aromatic carbocycles. The molecule has 0 saturated heterocycles. The molecule has 0 N–H and O–H groups in total. The van der Waals surface area contributed by atoms with Crippen molar-refractivity contribution in [1.82, 2.24) is 9.97 Å². The highest BCUT2D eigenvalue weighted by Crippen LogP contribution is 2.26. The van der Waals surface area contributed by atoms with Gasteiger partial charge in [0.1, 0.15) is 5.82 Å². The summed E-state index contributed by atoms with van der Waals surface area (Å²) in [6, 6.07) is 21.0. The molecule has 0 spiro atoms. The second kappa shape index (κ2) is 6.93. The molecule has 2 heterocycles. The Balaban J connectivity index is 1.62. The molecule has 0 bridgehead atoms. The van der Waals surface area contributed by atoms with Gasteiger partial charge in [-0.2, -0.15) is 4.98 Å². The van der Waals surface area contributed by atoms with Crippen molar-refractivity contribution < 1.29 is 0 Å². The van der Waals surface area contributed by atoms with E-state index in [1.807, 2.05) is 18.3 Å². The Morgan fingerprint density at radius 3 is 2.52 bits per heavy atom. The molecule has 126 valence electrons. The van der Waals surface area contributed by atoms with Gasteiger partial charge in [-0.05, 0) is 42.7 Å². The van der Waals surface area contributed by atoms with Crippen molar-refractivity contribution in [2.24, 2.45) is 0 Å². The van der Waals surface area contributed by atoms with E-state index < -0.39 is 0 Å². The van der Waals surface area contributed by atoms with E-state index in [4.69, 9.17) is 4.98 Å². The highest BCUT2D eigenvalue weighted by Gasteiger charge is 2.19. The molecule has 3 aromatic rings. The lowest BCUT2D eigenvalue weighted by atomic mass is 10.0. The lowest BCUT2D eigenvalue weighted by Crippen LogP contribution is -2.32. The van der Waals surface area contributed by atoms with Gasteiger partial charge in [-0.1, -0.05) is 42.5 Å². The summed E-state index contributed by atoms with van der Waals surface area (Å²) in [5, 5.41) is 0. The molecule has 0 fully saturated rings. The first-order chi connectivity index (χ1) is 12.3. The van der Waals surface area contributed by atoms with Crippen molar-refractivity contribution in [1.29, 1.82) is 0 Å². The molecule has 0 aliphatic carbocycles. The quantitative estimate of drug-likeness (QED) is 0.718. The number of anilines is 3. The number of aromatic nitrogens is 2. The highest BCUT2D eigenvalue weighted by atomic mass is 15.3. The van der Waals surface area contributed by atoms with E-state index in [9.17, 15) is 0 Å². The first kappa shape index (κ1) is 15.6. The SMILES string of the molecule is CCN(c1ccccc1)c1ccnc(N2CCc3ccccc3C2)n1. The van der Waals surface area contributed by atoms with Gasteiger partial charge in [0.2, 0.25) is 5.95 Å². The smallest absolute Gasteiger partial charge is 0.227 e. The van der Waals surface area contributed by atoms with Crippen molar-refractivity contribution in [3.8, 4) is 0 Å². The Labute approximate surface area is 148 Å². The third-order valence-electron chi connectivity index (χ3n) is 4.70. The summed E-state index contributed by atoms with van der Waals surface area (Å²) in [5.74, 6) is 1.75. The number of fused-ring (bicyclic) bond motifs is 1. The van der Waals surface area contributed by atoms with Gasteiger partial charge in [0, 0.05) is 31.5 Å². The normalized spacial score (nSPS) is 13.4. The Morgan fingerprint density at radius 1 is 0.960 bits per heavy atom. The fourth-order valence-electron chi connectivity index (χ4n) is 3.39. The first-order valence-corrected chi connectivity index (χ1v) is 8.82. The fraction of sp³-hybridized carbons (Fsp3) is 0.238. The van der Waals surface area contributed by atoms with Crippen molar-refractivity contribution >= 4 is 17.5 Å². The lowest BCUT2D eigenvalue weighted by Gasteiger charge is -2.30. The number of hydrogen-bond acceptors (Lipinski definition) is 4. The van der Waals surface area contributed by atoms with Crippen molar-refractivity contribution in [2.75, 3.05) is 22.9 Å². The van der Waals surface area contributed by atoms with Crippen LogP contribution in [0.3, 0.4) is 0 Å². The van der Waals surface area contributed by atoms with Crippen molar-refractivity contribution in [3.63, 3.8) is 0 Å². The van der Waals surface area contributed by atoms with Gasteiger partial charge in [-0.25, -0.2) is 4.98 Å². The van der Waals surface area contributed by atoms with E-state index >= 15 is 0 Å². The van der Waals surface area contributed by atoms with Crippen LogP contribution >= 0.6 is 0 Å². The van der Waals surface area contributed by atoms with Crippen LogP contribution < -0.4 is 9.80 Å². The predicted molar refractivity (Wildman–Crippen MR) is 102 cm³/mol. The summed E-state index contributed by atoms with van der Waals surface area (Å²) in [5.41, 5.74) is 3.96. The molecule has 1 aliphatic rings. The second-order valence-corrected chi connectivity index (χ2v) is 6.23. The van der Waals surface area contributed by atoms with Crippen LogP contribution in [0.1, 0.15) is 18.1 Å². The Bertz CT molecular complexity index is 847. The van der Waals surface area contributed by atoms with Crippen molar-refractivity contribution in [3.05, 3.63) is 78.0 Å². The lowest BCUT2D eigenvalue weighted by molar-refractivity contribution is 0.707. The van der Waals surface area contributed by atoms with Crippen LogP contribution in [0.5, 0.6) is 0 Å². The van der Waals surface area contributed by atoms with Crippen LogP contribution in [0, 0.1) is 0 Å². The number of para-hydroxylation sites is 1. The topological polar surface area (TPSA) is 32.3 Å². The monoisotopic (exact) mass is 330 g/mol. The minimum absolute atomic E-state index is 0.807. The maximum atomic E-state index is 4.86. The maximum absolute atomic E-state index is 4.86. The molecule has 4 nitrogen and oxygen atoms in total. The second-order valence-electron chi connectivity index (χ2n) is 6.23. The zero-order chi connectivity index (χ0) is 17.1. The van der Waals surface area contributed by atoms with Crippen LogP contribution in [-0.4, -0.2) is 23.1 Å². The molecular formula is C21H22N4. The Morgan fingerprint density at radius 2 is 1.72 bits per heavy atom. The predicted octanol–water partition coefficient (Wildman–Crippen LogP) is 4.20. The van der Waals surface area contributed by atoms with Crippen LogP contribution in [0.4, 0.5) is 17.5 Å². The molecular weight excluding hydrogens is 308 g/mol. The third-order valence-corrected chi connectivity index (χ3v) is 4.70. The van der Waals surface area contributed by atoms with Gasteiger partial charge in [-0.3, -0.25) is 0 Å². The molecule has 0 amide bonds. The maximum Gasteiger partial charge on any atom is 0.227 e. The van der Waals surface area contributed by atoms with Crippen LogP contribution in [0.15, 0.2) is 66.9 Å². The third kappa shape index (κ3) is 3.20. The molecule has 4 rings (SSSR count). The van der Waals surface area contributed by atoms with E-state index in [0.717, 1.165) is 43.5 Å². The number of rotatable bonds is 4. The van der Waals surface area contributed by atoms with E-state index in [0.29, 0.717) is 0 Å². The summed E-state index contributed by atoms with van der Waals surface area (Å²) in [7, 11) is 0. The van der Waals surface area contributed by atoms with Gasteiger partial charge >= 0.3 is 0 Å². The summed E-state index contributed by atoms with van der Waals surface area (Å²) in [6.07, 6.45) is 2.91. The van der Waals surface area contributed by atoms with Crippen molar-refractivity contribution in [2.45, 2.75) is 19.9 Å². The summed E-state index contributed by atoms with van der Waals surface area (Å²) in [4.78, 5) is 13.9. The zero-order valence-corrected chi connectivity index (χ0v) is 14.5. The molecule has 1 aromatic heterocycles. The van der Waals surface area contributed by atoms with Crippen LogP contribution in [-0.2, 0) is 13.0 Å². The highest BCUT2D eigenvalue weighted by molar-refractivity contribution is 5.60. The van der Waals surface area contributed by atoms with Gasteiger partial charge in [0.05, 0.1) is 0 Å². The number of hydrogen-bond donors (Lipinski definition) is 0. The number of nitrogens with zero attached hydrogens (tertiary/aromatic N) is 4.